The lowest BCUT2D eigenvalue weighted by atomic mass is 9.90. The van der Waals surface area contributed by atoms with Crippen molar-refractivity contribution in [2.75, 3.05) is 0 Å². The van der Waals surface area contributed by atoms with Crippen LogP contribution in [0.3, 0.4) is 0 Å². The van der Waals surface area contributed by atoms with Gasteiger partial charge >= 0.3 is 0 Å². The van der Waals surface area contributed by atoms with Crippen LogP contribution >= 0.6 is 0 Å². The zero-order valence-corrected chi connectivity index (χ0v) is 18.4. The number of nitrogens with one attached hydrogen (secondary N) is 2. The highest BCUT2D eigenvalue weighted by atomic mass is 19.1. The number of hydrogen-bond donors (Lipinski definition) is 3. The number of pyridine rings is 1. The molecule has 0 bridgehead atoms. The third-order valence-electron chi connectivity index (χ3n) is 5.69. The first-order valence-corrected chi connectivity index (χ1v) is 11.0. The van der Waals surface area contributed by atoms with Crippen LogP contribution in [0.15, 0.2) is 54.7 Å². The lowest BCUT2D eigenvalue weighted by molar-refractivity contribution is 0.0888. The Balaban J connectivity index is 1.35. The first kappa shape index (κ1) is 24.1. The van der Waals surface area contributed by atoms with Gasteiger partial charge < -0.3 is 20.5 Å². The number of aromatic hydroxyl groups is 1. The number of aromatic nitrogens is 1. The van der Waals surface area contributed by atoms with Crippen molar-refractivity contribution in [1.82, 2.24) is 15.6 Å². The molecule has 0 unspecified atom stereocenters. The quantitative estimate of drug-likeness (QED) is 0.479. The largest absolute Gasteiger partial charge is 0.507 e. The highest BCUT2D eigenvalue weighted by molar-refractivity contribution is 5.97. The van der Waals surface area contributed by atoms with Crippen LogP contribution in [0.25, 0.3) is 0 Å². The van der Waals surface area contributed by atoms with Gasteiger partial charge in [0.25, 0.3) is 11.8 Å². The van der Waals surface area contributed by atoms with Crippen molar-refractivity contribution in [1.29, 1.82) is 0 Å². The molecule has 1 heterocycles. The molecule has 7 nitrogen and oxygen atoms in total. The van der Waals surface area contributed by atoms with Crippen LogP contribution in [0.4, 0.5) is 13.2 Å². The second-order valence-electron chi connectivity index (χ2n) is 8.22. The minimum absolute atomic E-state index is 0.105. The van der Waals surface area contributed by atoms with E-state index < -0.39 is 29.3 Å². The van der Waals surface area contributed by atoms with Crippen LogP contribution in [-0.4, -0.2) is 34.0 Å². The third-order valence-corrected chi connectivity index (χ3v) is 5.69. The van der Waals surface area contributed by atoms with Gasteiger partial charge in [0.2, 0.25) is 5.88 Å². The van der Waals surface area contributed by atoms with E-state index in [1.807, 2.05) is 0 Å². The van der Waals surface area contributed by atoms with Gasteiger partial charge in [-0.25, -0.2) is 18.2 Å². The van der Waals surface area contributed by atoms with E-state index >= 15 is 0 Å². The Kier molecular flexibility index (Phi) is 7.19. The highest BCUT2D eigenvalue weighted by Crippen LogP contribution is 2.26. The molecular weight excluding hydrogens is 463 g/mol. The second kappa shape index (κ2) is 10.5. The minimum atomic E-state index is -0.714. The van der Waals surface area contributed by atoms with Gasteiger partial charge in [-0.2, -0.15) is 0 Å². The fourth-order valence-electron chi connectivity index (χ4n) is 3.88. The van der Waals surface area contributed by atoms with Gasteiger partial charge in [0.1, 0.15) is 34.5 Å². The molecule has 10 heteroatoms. The molecular formula is C25H22F3N3O4. The Morgan fingerprint density at radius 3 is 1.97 bits per heavy atom. The molecule has 2 amide bonds. The summed E-state index contributed by atoms with van der Waals surface area (Å²) in [5.41, 5.74) is -0.251. The first-order valence-electron chi connectivity index (χ1n) is 11.0. The van der Waals surface area contributed by atoms with Crippen LogP contribution in [-0.2, 0) is 0 Å². The molecule has 0 aliphatic heterocycles. The highest BCUT2D eigenvalue weighted by Gasteiger charge is 2.26. The molecule has 2 aromatic carbocycles. The Morgan fingerprint density at radius 2 is 1.34 bits per heavy atom. The predicted molar refractivity (Wildman–Crippen MR) is 120 cm³/mol. The first-order chi connectivity index (χ1) is 16.8. The van der Waals surface area contributed by atoms with Crippen molar-refractivity contribution in [3.05, 3.63) is 83.3 Å². The molecule has 1 aliphatic carbocycles. The summed E-state index contributed by atoms with van der Waals surface area (Å²) in [7, 11) is 0. The standard InChI is InChI=1S/C25H22F3N3O4/c26-14-1-8-19(9-2-14)35-25-21(12-16(28)13-29-25)24(34)31-18-6-4-17(5-7-18)30-23(33)20-11-15(27)3-10-22(20)32/h1-3,8-13,17-18,32H,4-7H2,(H,30,33)(H,31,34). The lowest BCUT2D eigenvalue weighted by Crippen LogP contribution is -2.44. The van der Waals surface area contributed by atoms with Crippen molar-refractivity contribution in [2.45, 2.75) is 37.8 Å². The van der Waals surface area contributed by atoms with Crippen LogP contribution in [0.2, 0.25) is 0 Å². The van der Waals surface area contributed by atoms with E-state index in [2.05, 4.69) is 15.6 Å². The maximum Gasteiger partial charge on any atom is 0.257 e. The van der Waals surface area contributed by atoms with Crippen molar-refractivity contribution in [3.8, 4) is 17.4 Å². The topological polar surface area (TPSA) is 101 Å². The number of nitrogens with zero attached hydrogens (tertiary/aromatic N) is 1. The number of phenolic OH excluding ortho intramolecular Hbond substituents is 1. The summed E-state index contributed by atoms with van der Waals surface area (Å²) < 4.78 is 45.9. The molecule has 0 radical (unpaired) electrons. The normalized spacial score (nSPS) is 17.5. The fraction of sp³-hybridized carbons (Fsp3) is 0.240. The number of benzene rings is 2. The molecule has 3 aromatic rings. The van der Waals surface area contributed by atoms with Gasteiger partial charge in [-0.15, -0.1) is 0 Å². The van der Waals surface area contributed by atoms with E-state index in [9.17, 15) is 27.9 Å². The number of ether oxygens (including phenoxy) is 1. The van der Waals surface area contributed by atoms with Gasteiger partial charge in [0, 0.05) is 12.1 Å². The molecule has 0 saturated heterocycles. The van der Waals surface area contributed by atoms with E-state index in [1.165, 1.54) is 24.3 Å². The average Bonchev–Trinajstić information content (AvgIpc) is 2.84. The Morgan fingerprint density at radius 1 is 0.800 bits per heavy atom. The Labute approximate surface area is 199 Å². The number of carbonyl (C=O) groups excluding carboxylic acids is 2. The van der Waals surface area contributed by atoms with Crippen molar-refractivity contribution in [2.24, 2.45) is 0 Å². The van der Waals surface area contributed by atoms with E-state index in [0.29, 0.717) is 25.7 Å². The summed E-state index contributed by atoms with van der Waals surface area (Å²) in [6.07, 6.45) is 3.05. The molecule has 1 aliphatic rings. The summed E-state index contributed by atoms with van der Waals surface area (Å²) in [4.78, 5) is 29.1. The molecule has 182 valence electrons. The van der Waals surface area contributed by atoms with E-state index in [0.717, 1.165) is 30.5 Å². The summed E-state index contributed by atoms with van der Waals surface area (Å²) in [6.45, 7) is 0. The number of halogens is 3. The summed E-state index contributed by atoms with van der Waals surface area (Å²) in [5, 5.41) is 15.4. The zero-order valence-electron chi connectivity index (χ0n) is 18.4. The minimum Gasteiger partial charge on any atom is -0.507 e. The van der Waals surface area contributed by atoms with E-state index in [4.69, 9.17) is 4.74 Å². The van der Waals surface area contributed by atoms with E-state index in [-0.39, 0.29) is 40.6 Å². The van der Waals surface area contributed by atoms with Gasteiger partial charge in [0.15, 0.2) is 0 Å². The van der Waals surface area contributed by atoms with Crippen LogP contribution in [0, 0.1) is 17.5 Å². The van der Waals surface area contributed by atoms with Crippen LogP contribution in [0.5, 0.6) is 17.4 Å². The summed E-state index contributed by atoms with van der Waals surface area (Å²) >= 11 is 0. The molecule has 1 saturated carbocycles. The zero-order chi connectivity index (χ0) is 24.9. The van der Waals surface area contributed by atoms with Gasteiger partial charge in [-0.3, -0.25) is 9.59 Å². The van der Waals surface area contributed by atoms with Gasteiger partial charge in [-0.05, 0) is 74.2 Å². The third kappa shape index (κ3) is 6.08. The smallest absolute Gasteiger partial charge is 0.257 e. The fourth-order valence-corrected chi connectivity index (χ4v) is 3.88. The van der Waals surface area contributed by atoms with E-state index in [1.54, 1.807) is 0 Å². The molecule has 35 heavy (non-hydrogen) atoms. The second-order valence-corrected chi connectivity index (χ2v) is 8.22. The number of phenols is 1. The molecule has 3 N–H and O–H groups in total. The maximum atomic E-state index is 13.8. The van der Waals surface area contributed by atoms with Crippen LogP contribution < -0.4 is 15.4 Å². The average molecular weight is 485 g/mol. The molecule has 0 atom stereocenters. The van der Waals surface area contributed by atoms with Crippen LogP contribution in [0.1, 0.15) is 46.4 Å². The Bertz CT molecular complexity index is 1230. The van der Waals surface area contributed by atoms with Crippen molar-refractivity contribution in [3.63, 3.8) is 0 Å². The molecule has 1 aromatic heterocycles. The molecule has 0 spiro atoms. The van der Waals surface area contributed by atoms with Gasteiger partial charge in [-0.1, -0.05) is 0 Å². The lowest BCUT2D eigenvalue weighted by Gasteiger charge is -2.29. The summed E-state index contributed by atoms with van der Waals surface area (Å²) in [6, 6.07) is 8.80. The molecule has 4 rings (SSSR count). The number of amides is 2. The van der Waals surface area contributed by atoms with Crippen molar-refractivity contribution >= 4 is 11.8 Å². The number of carbonyl (C=O) groups is 2. The Hall–Kier alpha value is -4.08. The van der Waals surface area contributed by atoms with Gasteiger partial charge in [0.05, 0.1) is 11.8 Å². The number of rotatable bonds is 6. The SMILES string of the molecule is O=C(NC1CCC(NC(=O)c2cc(F)cnc2Oc2ccc(F)cc2)CC1)c1cc(F)ccc1O. The number of hydrogen-bond acceptors (Lipinski definition) is 5. The monoisotopic (exact) mass is 485 g/mol. The molecule has 1 fully saturated rings. The maximum absolute atomic E-state index is 13.8. The summed E-state index contributed by atoms with van der Waals surface area (Å²) in [5.74, 6) is -3.16. The van der Waals surface area contributed by atoms with Crippen molar-refractivity contribution < 1.29 is 32.6 Å². The predicted octanol–water partition coefficient (Wildman–Crippen LogP) is 4.47.